The van der Waals surface area contributed by atoms with Gasteiger partial charge in [-0.25, -0.2) is 0 Å². The first kappa shape index (κ1) is 11.3. The minimum Gasteiger partial charge on any atom is -0.376 e. The maximum absolute atomic E-state index is 5.59. The zero-order valence-electron chi connectivity index (χ0n) is 9.58. The summed E-state index contributed by atoms with van der Waals surface area (Å²) in [5.74, 6) is 0. The molecule has 2 aliphatic heterocycles. The van der Waals surface area contributed by atoms with Crippen molar-refractivity contribution in [2.45, 2.75) is 25.0 Å². The van der Waals surface area contributed by atoms with Crippen molar-refractivity contribution in [3.8, 4) is 0 Å². The van der Waals surface area contributed by atoms with Gasteiger partial charge < -0.3 is 19.7 Å². The van der Waals surface area contributed by atoms with Crippen LogP contribution in [0.15, 0.2) is 0 Å². The minimum absolute atomic E-state index is 0.262. The Bertz CT molecular complexity index is 175. The highest BCUT2D eigenvalue weighted by Gasteiger charge is 2.19. The topological polar surface area (TPSA) is 33.7 Å². The van der Waals surface area contributed by atoms with Crippen LogP contribution in [0.3, 0.4) is 0 Å². The van der Waals surface area contributed by atoms with Crippen LogP contribution < -0.4 is 5.32 Å². The standard InChI is InChI=1S/C11H22N2O2/c1-13-4-2-10(3-5-13)12-8-11-9-14-6-7-15-11/h10-12H,2-9H2,1H3. The number of rotatable bonds is 3. The van der Waals surface area contributed by atoms with Gasteiger partial charge in [-0.2, -0.15) is 0 Å². The average Bonchev–Trinajstić information content (AvgIpc) is 2.30. The van der Waals surface area contributed by atoms with Gasteiger partial charge in [-0.1, -0.05) is 0 Å². The summed E-state index contributed by atoms with van der Waals surface area (Å²) >= 11 is 0. The fraction of sp³-hybridized carbons (Fsp3) is 1.00. The fourth-order valence-electron chi connectivity index (χ4n) is 2.17. The van der Waals surface area contributed by atoms with E-state index in [9.17, 15) is 0 Å². The van der Waals surface area contributed by atoms with Crippen LogP contribution in [0.4, 0.5) is 0 Å². The highest BCUT2D eigenvalue weighted by atomic mass is 16.6. The molecule has 1 N–H and O–H groups in total. The Labute approximate surface area is 91.9 Å². The Hall–Kier alpha value is -0.160. The molecule has 0 radical (unpaired) electrons. The summed E-state index contributed by atoms with van der Waals surface area (Å²) < 4.78 is 11.0. The normalized spacial score (nSPS) is 30.6. The van der Waals surface area contributed by atoms with Crippen molar-refractivity contribution < 1.29 is 9.47 Å². The molecule has 2 saturated heterocycles. The first-order valence-electron chi connectivity index (χ1n) is 5.96. The summed E-state index contributed by atoms with van der Waals surface area (Å²) in [6.07, 6.45) is 2.77. The van der Waals surface area contributed by atoms with Gasteiger partial charge in [0.1, 0.15) is 0 Å². The van der Waals surface area contributed by atoms with E-state index in [1.807, 2.05) is 0 Å². The molecule has 0 aromatic heterocycles. The van der Waals surface area contributed by atoms with Crippen molar-refractivity contribution in [3.63, 3.8) is 0 Å². The predicted molar refractivity (Wildman–Crippen MR) is 59.1 cm³/mol. The summed E-state index contributed by atoms with van der Waals surface area (Å²) in [7, 11) is 2.19. The lowest BCUT2D eigenvalue weighted by molar-refractivity contribution is -0.0874. The van der Waals surface area contributed by atoms with Gasteiger partial charge in [0.05, 0.1) is 25.9 Å². The third-order valence-electron chi connectivity index (χ3n) is 3.24. The highest BCUT2D eigenvalue weighted by Crippen LogP contribution is 2.08. The van der Waals surface area contributed by atoms with Crippen LogP contribution in [0.5, 0.6) is 0 Å². The first-order valence-corrected chi connectivity index (χ1v) is 5.96. The lowest BCUT2D eigenvalue weighted by atomic mass is 10.1. The molecule has 15 heavy (non-hydrogen) atoms. The zero-order valence-corrected chi connectivity index (χ0v) is 9.58. The van der Waals surface area contributed by atoms with E-state index in [-0.39, 0.29) is 6.10 Å². The van der Waals surface area contributed by atoms with Crippen LogP contribution >= 0.6 is 0 Å². The van der Waals surface area contributed by atoms with Crippen molar-refractivity contribution in [1.29, 1.82) is 0 Å². The van der Waals surface area contributed by atoms with Crippen molar-refractivity contribution >= 4 is 0 Å². The Kier molecular flexibility index (Phi) is 4.38. The molecular weight excluding hydrogens is 192 g/mol. The molecule has 4 nitrogen and oxygen atoms in total. The van der Waals surface area contributed by atoms with Crippen molar-refractivity contribution in [2.75, 3.05) is 46.5 Å². The molecule has 0 aromatic rings. The van der Waals surface area contributed by atoms with E-state index in [1.54, 1.807) is 0 Å². The summed E-state index contributed by atoms with van der Waals surface area (Å²) in [6, 6.07) is 0.673. The van der Waals surface area contributed by atoms with Crippen LogP contribution in [0.1, 0.15) is 12.8 Å². The van der Waals surface area contributed by atoms with Gasteiger partial charge in [-0.15, -0.1) is 0 Å². The highest BCUT2D eigenvalue weighted by molar-refractivity contribution is 4.77. The number of hydrogen-bond donors (Lipinski definition) is 1. The molecule has 1 unspecified atom stereocenters. The zero-order chi connectivity index (χ0) is 10.5. The van der Waals surface area contributed by atoms with Crippen LogP contribution in [0.25, 0.3) is 0 Å². The maximum atomic E-state index is 5.59. The minimum atomic E-state index is 0.262. The van der Waals surface area contributed by atoms with Crippen molar-refractivity contribution in [2.24, 2.45) is 0 Å². The van der Waals surface area contributed by atoms with E-state index in [2.05, 4.69) is 17.3 Å². The monoisotopic (exact) mass is 214 g/mol. The van der Waals surface area contributed by atoms with Gasteiger partial charge in [0.15, 0.2) is 0 Å². The smallest absolute Gasteiger partial charge is 0.0933 e. The second-order valence-corrected chi connectivity index (χ2v) is 4.55. The van der Waals surface area contributed by atoms with Gasteiger partial charge in [0.25, 0.3) is 0 Å². The molecule has 2 rings (SSSR count). The maximum Gasteiger partial charge on any atom is 0.0933 e. The van der Waals surface area contributed by atoms with Gasteiger partial charge in [0, 0.05) is 12.6 Å². The van der Waals surface area contributed by atoms with Crippen LogP contribution in [0, 0.1) is 0 Å². The Morgan fingerprint density at radius 3 is 2.73 bits per heavy atom. The van der Waals surface area contributed by atoms with Gasteiger partial charge in [-0.3, -0.25) is 0 Å². The molecular formula is C11H22N2O2. The second kappa shape index (κ2) is 5.80. The molecule has 4 heteroatoms. The van der Waals surface area contributed by atoms with E-state index in [1.165, 1.54) is 25.9 Å². The Morgan fingerprint density at radius 2 is 2.07 bits per heavy atom. The number of piperidine rings is 1. The number of ether oxygens (including phenoxy) is 2. The lowest BCUT2D eigenvalue weighted by Crippen LogP contribution is -2.45. The molecule has 0 aliphatic carbocycles. The molecule has 0 aromatic carbocycles. The molecule has 2 fully saturated rings. The molecule has 2 aliphatic rings. The van der Waals surface area contributed by atoms with E-state index < -0.39 is 0 Å². The molecule has 0 amide bonds. The fourth-order valence-corrected chi connectivity index (χ4v) is 2.17. The van der Waals surface area contributed by atoms with Gasteiger partial charge in [0.2, 0.25) is 0 Å². The molecule has 88 valence electrons. The van der Waals surface area contributed by atoms with Crippen molar-refractivity contribution in [1.82, 2.24) is 10.2 Å². The molecule has 0 saturated carbocycles. The molecule has 1 atom stereocenters. The predicted octanol–water partition coefficient (Wildman–Crippen LogP) is 0.0856. The Morgan fingerprint density at radius 1 is 1.27 bits per heavy atom. The summed E-state index contributed by atoms with van der Waals surface area (Å²) in [5, 5.41) is 3.58. The van der Waals surface area contributed by atoms with E-state index >= 15 is 0 Å². The van der Waals surface area contributed by atoms with Crippen LogP contribution in [-0.4, -0.2) is 63.5 Å². The Balaban J connectivity index is 1.60. The third kappa shape index (κ3) is 3.72. The van der Waals surface area contributed by atoms with E-state index in [4.69, 9.17) is 9.47 Å². The second-order valence-electron chi connectivity index (χ2n) is 4.55. The number of nitrogens with one attached hydrogen (secondary N) is 1. The van der Waals surface area contributed by atoms with Crippen LogP contribution in [0.2, 0.25) is 0 Å². The summed E-state index contributed by atoms with van der Waals surface area (Å²) in [6.45, 7) is 5.61. The average molecular weight is 214 g/mol. The lowest BCUT2D eigenvalue weighted by Gasteiger charge is -2.31. The summed E-state index contributed by atoms with van der Waals surface area (Å²) in [5.41, 5.74) is 0. The van der Waals surface area contributed by atoms with Gasteiger partial charge in [-0.05, 0) is 33.0 Å². The largest absolute Gasteiger partial charge is 0.376 e. The molecule has 0 bridgehead atoms. The summed E-state index contributed by atoms with van der Waals surface area (Å²) in [4.78, 5) is 2.39. The first-order chi connectivity index (χ1) is 7.34. The van der Waals surface area contributed by atoms with E-state index in [0.717, 1.165) is 26.4 Å². The van der Waals surface area contributed by atoms with Crippen molar-refractivity contribution in [3.05, 3.63) is 0 Å². The number of likely N-dealkylation sites (tertiary alicyclic amines) is 1. The van der Waals surface area contributed by atoms with Gasteiger partial charge >= 0.3 is 0 Å². The molecule has 2 heterocycles. The number of nitrogens with zero attached hydrogens (tertiary/aromatic N) is 1. The third-order valence-corrected chi connectivity index (χ3v) is 3.24. The number of hydrogen-bond acceptors (Lipinski definition) is 4. The quantitative estimate of drug-likeness (QED) is 0.722. The van der Waals surface area contributed by atoms with Crippen LogP contribution in [-0.2, 0) is 9.47 Å². The SMILES string of the molecule is CN1CCC(NCC2COCCO2)CC1. The molecule has 0 spiro atoms. The van der Waals surface area contributed by atoms with E-state index in [0.29, 0.717) is 6.04 Å².